The maximum Gasteiger partial charge on any atom is 0.308 e. The maximum absolute atomic E-state index is 14.5. The fourth-order valence-electron chi connectivity index (χ4n) is 7.60. The van der Waals surface area contributed by atoms with E-state index in [2.05, 4.69) is 15.6 Å². The van der Waals surface area contributed by atoms with Gasteiger partial charge in [0.2, 0.25) is 23.6 Å². The van der Waals surface area contributed by atoms with E-state index in [0.29, 0.717) is 12.8 Å². The first-order valence-electron chi connectivity index (χ1n) is 19.8. The molecule has 1 aromatic heterocycles. The lowest BCUT2D eigenvalue weighted by atomic mass is 9.84. The molecule has 0 spiro atoms. The van der Waals surface area contributed by atoms with Gasteiger partial charge >= 0.3 is 5.97 Å². The molecule has 0 saturated carbocycles. The second-order valence-electron chi connectivity index (χ2n) is 15.8. The number of benzene rings is 4. The van der Waals surface area contributed by atoms with Crippen molar-refractivity contribution in [2.45, 2.75) is 81.0 Å². The molecule has 4 amide bonds. The summed E-state index contributed by atoms with van der Waals surface area (Å²) in [4.78, 5) is 72.6. The van der Waals surface area contributed by atoms with E-state index in [1.165, 1.54) is 16.7 Å². The normalized spacial score (nSPS) is 15.9. The summed E-state index contributed by atoms with van der Waals surface area (Å²) < 4.78 is 4.59. The van der Waals surface area contributed by atoms with Gasteiger partial charge in [0.1, 0.15) is 23.7 Å². The van der Waals surface area contributed by atoms with E-state index in [4.69, 9.17) is 16.2 Å². The lowest BCUT2D eigenvalue weighted by Gasteiger charge is -2.36. The second kappa shape index (κ2) is 18.8. The van der Waals surface area contributed by atoms with Crippen LogP contribution in [0.3, 0.4) is 0 Å². The maximum atomic E-state index is 14.5. The Labute approximate surface area is 348 Å². The molecule has 59 heavy (non-hydrogen) atoms. The first-order valence-corrected chi connectivity index (χ1v) is 20.8. The number of hydrogen-bond acceptors (Lipinski definition) is 8. The Bertz CT molecular complexity index is 2150. The average Bonchev–Trinajstić information content (AvgIpc) is 3.88. The zero-order valence-corrected chi connectivity index (χ0v) is 34.4. The Morgan fingerprint density at radius 3 is 1.93 bits per heavy atom. The van der Waals surface area contributed by atoms with Gasteiger partial charge in [-0.15, -0.1) is 11.8 Å². The number of nitrogens with one attached hydrogen (secondary N) is 3. The number of nitrogens with two attached hydrogens (primary N) is 2. The number of ether oxygens (including phenoxy) is 1. The van der Waals surface area contributed by atoms with Crippen LogP contribution in [-0.4, -0.2) is 81.5 Å². The van der Waals surface area contributed by atoms with E-state index in [9.17, 15) is 24.0 Å². The molecule has 1 fully saturated rings. The molecular weight excluding hydrogens is 765 g/mol. The molecule has 4 aromatic carbocycles. The van der Waals surface area contributed by atoms with Crippen molar-refractivity contribution >= 4 is 52.3 Å². The van der Waals surface area contributed by atoms with Gasteiger partial charge in [-0.2, -0.15) is 0 Å². The molecule has 0 unspecified atom stereocenters. The lowest BCUT2D eigenvalue weighted by Crippen LogP contribution is -2.58. The summed E-state index contributed by atoms with van der Waals surface area (Å²) in [5.74, 6) is -2.97. The van der Waals surface area contributed by atoms with E-state index in [1.54, 1.807) is 27.0 Å². The highest BCUT2D eigenvalue weighted by atomic mass is 32.2. The molecule has 13 heteroatoms. The quantitative estimate of drug-likeness (QED) is 0.0684. The van der Waals surface area contributed by atoms with Crippen LogP contribution in [0.1, 0.15) is 62.3 Å². The highest BCUT2D eigenvalue weighted by molar-refractivity contribution is 8.00. The molecule has 308 valence electrons. The summed E-state index contributed by atoms with van der Waals surface area (Å²) in [5.41, 5.74) is 16.0. The number of fused-ring (bicyclic) bond motifs is 1. The fourth-order valence-corrected chi connectivity index (χ4v) is 9.17. The SMILES string of the molecule is CC(C)(C)OC(=O)C[C@H](N)C(=O)N[C@@H](Cc1c[nH]c2ccccc12)C(=O)N1CCC[C@H]1C(=O)N[C@@H](CSC(c1ccccc1)(c1ccccc1)c1ccccc1)C(N)=O. The van der Waals surface area contributed by atoms with Crippen LogP contribution in [0, 0.1) is 0 Å². The van der Waals surface area contributed by atoms with Crippen molar-refractivity contribution in [3.63, 3.8) is 0 Å². The Kier molecular flexibility index (Phi) is 13.6. The molecule has 4 atom stereocenters. The van der Waals surface area contributed by atoms with Gasteiger partial charge in [0.05, 0.1) is 17.2 Å². The van der Waals surface area contributed by atoms with Crippen molar-refractivity contribution in [3.05, 3.63) is 144 Å². The number of esters is 1. The summed E-state index contributed by atoms with van der Waals surface area (Å²) in [5, 5.41) is 6.54. The number of rotatable bonds is 16. The van der Waals surface area contributed by atoms with Gasteiger partial charge in [-0.3, -0.25) is 24.0 Å². The van der Waals surface area contributed by atoms with Crippen molar-refractivity contribution < 1.29 is 28.7 Å². The minimum Gasteiger partial charge on any atom is -0.460 e. The van der Waals surface area contributed by atoms with Gasteiger partial charge in [0.25, 0.3) is 0 Å². The van der Waals surface area contributed by atoms with Crippen molar-refractivity contribution in [1.82, 2.24) is 20.5 Å². The third kappa shape index (κ3) is 10.2. The smallest absolute Gasteiger partial charge is 0.308 e. The van der Waals surface area contributed by atoms with Gasteiger partial charge < -0.3 is 36.7 Å². The molecule has 0 aliphatic carbocycles. The van der Waals surface area contributed by atoms with Gasteiger partial charge in [-0.25, -0.2) is 0 Å². The van der Waals surface area contributed by atoms with Crippen molar-refractivity contribution in [2.24, 2.45) is 11.5 Å². The van der Waals surface area contributed by atoms with Crippen LogP contribution < -0.4 is 22.1 Å². The standard InChI is InChI=1S/C46H52N6O6S/c1-45(2,3)58-40(53)27-35(47)42(55)50-37(26-30-28-49-36-23-14-13-22-34(30)36)44(57)52-25-15-24-39(52)43(56)51-38(41(48)54)29-59-46(31-16-7-4-8-17-31,32-18-9-5-10-19-32)33-20-11-6-12-21-33/h4-14,16-23,28,35,37-39,49H,15,24-27,29,47H2,1-3H3,(H2,48,54)(H,50,55)(H,51,56)/t35-,37-,38-,39-/m0/s1. The number of nitrogens with zero attached hydrogens (tertiary/aromatic N) is 1. The molecule has 1 aliphatic rings. The molecule has 1 aliphatic heterocycles. The number of hydrogen-bond donors (Lipinski definition) is 5. The summed E-state index contributed by atoms with van der Waals surface area (Å²) in [6, 6.07) is 33.1. The zero-order valence-electron chi connectivity index (χ0n) is 33.6. The van der Waals surface area contributed by atoms with Gasteiger partial charge in [-0.05, 0) is 61.9 Å². The van der Waals surface area contributed by atoms with Crippen molar-refractivity contribution in [3.8, 4) is 0 Å². The second-order valence-corrected chi connectivity index (χ2v) is 17.0. The summed E-state index contributed by atoms with van der Waals surface area (Å²) >= 11 is 1.49. The summed E-state index contributed by atoms with van der Waals surface area (Å²) in [6.07, 6.45) is 2.33. The molecular formula is C46H52N6O6S. The van der Waals surface area contributed by atoms with Crippen LogP contribution >= 0.6 is 11.8 Å². The minimum absolute atomic E-state index is 0.0830. The first-order chi connectivity index (χ1) is 28.3. The summed E-state index contributed by atoms with van der Waals surface area (Å²) in [7, 11) is 0. The summed E-state index contributed by atoms with van der Waals surface area (Å²) in [6.45, 7) is 5.39. The van der Waals surface area contributed by atoms with Gasteiger partial charge in [0, 0.05) is 35.8 Å². The first kappa shape index (κ1) is 42.7. The Morgan fingerprint density at radius 2 is 1.37 bits per heavy atom. The highest BCUT2D eigenvalue weighted by Crippen LogP contribution is 2.48. The van der Waals surface area contributed by atoms with E-state index < -0.39 is 70.5 Å². The zero-order chi connectivity index (χ0) is 42.2. The number of carbonyl (C=O) groups excluding carboxylic acids is 5. The fraction of sp³-hybridized carbons (Fsp3) is 0.326. The lowest BCUT2D eigenvalue weighted by molar-refractivity contribution is -0.156. The number of likely N-dealkylation sites (tertiary alicyclic amines) is 1. The number of amides is 4. The van der Waals surface area contributed by atoms with E-state index in [-0.39, 0.29) is 18.7 Å². The number of aromatic nitrogens is 1. The van der Waals surface area contributed by atoms with Crippen LogP contribution in [0.2, 0.25) is 0 Å². The number of aromatic amines is 1. The van der Waals surface area contributed by atoms with Crippen molar-refractivity contribution in [1.29, 1.82) is 0 Å². The molecule has 7 N–H and O–H groups in total. The van der Waals surface area contributed by atoms with E-state index >= 15 is 0 Å². The number of H-pyrrole nitrogens is 1. The third-order valence-corrected chi connectivity index (χ3v) is 12.0. The van der Waals surface area contributed by atoms with Crippen LogP contribution in [0.5, 0.6) is 0 Å². The van der Waals surface area contributed by atoms with E-state index in [1.807, 2.05) is 115 Å². The number of carbonyl (C=O) groups is 5. The molecule has 6 rings (SSSR count). The van der Waals surface area contributed by atoms with Crippen LogP contribution in [0.15, 0.2) is 121 Å². The molecule has 5 aromatic rings. The molecule has 12 nitrogen and oxygen atoms in total. The Morgan fingerprint density at radius 1 is 0.814 bits per heavy atom. The molecule has 0 bridgehead atoms. The average molecular weight is 817 g/mol. The highest BCUT2D eigenvalue weighted by Gasteiger charge is 2.41. The van der Waals surface area contributed by atoms with Gasteiger partial charge in [-0.1, -0.05) is 109 Å². The molecule has 2 heterocycles. The monoisotopic (exact) mass is 816 g/mol. The van der Waals surface area contributed by atoms with Crippen LogP contribution in [0.25, 0.3) is 10.9 Å². The van der Waals surface area contributed by atoms with Gasteiger partial charge in [0.15, 0.2) is 0 Å². The largest absolute Gasteiger partial charge is 0.460 e. The Balaban J connectivity index is 1.23. The number of thioether (sulfide) groups is 1. The van der Waals surface area contributed by atoms with E-state index in [0.717, 1.165) is 33.2 Å². The van der Waals surface area contributed by atoms with Crippen LogP contribution in [-0.2, 0) is 39.9 Å². The topological polar surface area (TPSA) is 190 Å². The molecule has 1 saturated heterocycles. The predicted octanol–water partition coefficient (Wildman–Crippen LogP) is 4.94. The van der Waals surface area contributed by atoms with Crippen molar-refractivity contribution in [2.75, 3.05) is 12.3 Å². The number of para-hydroxylation sites is 1. The predicted molar refractivity (Wildman–Crippen MR) is 230 cm³/mol. The van der Waals surface area contributed by atoms with Crippen LogP contribution in [0.4, 0.5) is 0 Å². The molecule has 0 radical (unpaired) electrons. The Hall–Kier alpha value is -5.92. The minimum atomic E-state index is -1.29. The third-order valence-electron chi connectivity index (χ3n) is 10.4. The number of primary amides is 1.